The minimum absolute atomic E-state index is 0.215. The van der Waals surface area contributed by atoms with Gasteiger partial charge in [-0.05, 0) is 0 Å². The second-order valence-corrected chi connectivity index (χ2v) is 5.16. The Morgan fingerprint density at radius 1 is 1.29 bits per heavy atom. The Labute approximate surface area is 89.6 Å². The summed E-state index contributed by atoms with van der Waals surface area (Å²) in [5, 5.41) is 0. The van der Waals surface area contributed by atoms with Gasteiger partial charge in [0.05, 0.1) is 19.3 Å². The first-order valence-electron chi connectivity index (χ1n) is 4.56. The fraction of sp³-hybridized carbons (Fsp3) is 0.800. The van der Waals surface area contributed by atoms with Crippen LogP contribution in [0.2, 0.25) is 0 Å². The largest absolute Gasteiger partial charge is 0.469 e. The van der Waals surface area contributed by atoms with Gasteiger partial charge in [0, 0.05) is 11.2 Å². The van der Waals surface area contributed by atoms with Crippen molar-refractivity contribution in [3.8, 4) is 0 Å². The van der Waals surface area contributed by atoms with Gasteiger partial charge < -0.3 is 4.74 Å². The van der Waals surface area contributed by atoms with Crippen LogP contribution in [0.3, 0.4) is 0 Å². The number of rotatable bonds is 5. The molecule has 0 heterocycles. The first kappa shape index (κ1) is 13.5. The van der Waals surface area contributed by atoms with E-state index < -0.39 is 0 Å². The molecule has 82 valence electrons. The third-order valence-electron chi connectivity index (χ3n) is 1.75. The lowest BCUT2D eigenvalue weighted by Gasteiger charge is -2.15. The van der Waals surface area contributed by atoms with Gasteiger partial charge in [0.2, 0.25) is 0 Å². The van der Waals surface area contributed by atoms with E-state index in [-0.39, 0.29) is 17.2 Å². The zero-order valence-electron chi connectivity index (χ0n) is 9.25. The summed E-state index contributed by atoms with van der Waals surface area (Å²) in [6, 6.07) is 0. The average molecular weight is 218 g/mol. The van der Waals surface area contributed by atoms with Crippen molar-refractivity contribution >= 4 is 23.5 Å². The van der Waals surface area contributed by atoms with E-state index in [2.05, 4.69) is 4.74 Å². The van der Waals surface area contributed by atoms with Gasteiger partial charge in [0.15, 0.2) is 0 Å². The first-order chi connectivity index (χ1) is 6.38. The molecule has 0 radical (unpaired) electrons. The highest BCUT2D eigenvalue weighted by Gasteiger charge is 2.20. The quantitative estimate of drug-likeness (QED) is 0.522. The molecule has 0 amide bonds. The van der Waals surface area contributed by atoms with Crippen molar-refractivity contribution in [2.75, 3.05) is 18.6 Å². The maximum Gasteiger partial charge on any atom is 0.306 e. The summed E-state index contributed by atoms with van der Waals surface area (Å²) in [5.41, 5.74) is -0.279. The number of ether oxygens (including phenoxy) is 1. The van der Waals surface area contributed by atoms with Crippen LogP contribution in [0.25, 0.3) is 0 Å². The fourth-order valence-corrected chi connectivity index (χ4v) is 1.71. The molecule has 4 heteroatoms. The number of Topliss-reactive ketones (excluding diaryl/α,β-unsaturated/α-hetero) is 1. The second kappa shape index (κ2) is 6.06. The zero-order valence-corrected chi connectivity index (χ0v) is 10.1. The molecule has 0 aliphatic rings. The van der Waals surface area contributed by atoms with E-state index >= 15 is 0 Å². The molecule has 0 aromatic heterocycles. The van der Waals surface area contributed by atoms with Crippen LogP contribution in [0.5, 0.6) is 0 Å². The summed E-state index contributed by atoms with van der Waals surface area (Å²) in [6.07, 6.45) is 0.374. The average Bonchev–Trinajstić information content (AvgIpc) is 2.09. The van der Waals surface area contributed by atoms with Crippen LogP contribution >= 0.6 is 11.8 Å². The van der Waals surface area contributed by atoms with Crippen LogP contribution in [0, 0.1) is 5.41 Å². The molecule has 0 saturated carbocycles. The molecule has 0 aromatic carbocycles. The predicted octanol–water partition coefficient (Wildman–Crippen LogP) is 1.90. The molecule has 0 N–H and O–H groups in total. The van der Waals surface area contributed by atoms with Gasteiger partial charge in [0.25, 0.3) is 0 Å². The summed E-state index contributed by atoms with van der Waals surface area (Å²) in [7, 11) is 1.37. The van der Waals surface area contributed by atoms with Crippen LogP contribution in [0.15, 0.2) is 0 Å². The molecule has 0 spiro atoms. The van der Waals surface area contributed by atoms with E-state index in [4.69, 9.17) is 0 Å². The number of hydrogen-bond acceptors (Lipinski definition) is 4. The minimum Gasteiger partial charge on any atom is -0.469 e. The van der Waals surface area contributed by atoms with Crippen LogP contribution in [0.1, 0.15) is 27.2 Å². The van der Waals surface area contributed by atoms with Crippen LogP contribution in [-0.4, -0.2) is 30.4 Å². The fourth-order valence-electron chi connectivity index (χ4n) is 0.639. The van der Waals surface area contributed by atoms with E-state index in [0.29, 0.717) is 17.9 Å². The maximum atomic E-state index is 11.4. The van der Waals surface area contributed by atoms with Gasteiger partial charge in [0.1, 0.15) is 5.78 Å². The molecule has 0 aromatic rings. The summed E-state index contributed by atoms with van der Waals surface area (Å²) < 4.78 is 4.49. The number of hydrogen-bond donors (Lipinski definition) is 0. The highest BCUT2D eigenvalue weighted by atomic mass is 32.2. The third-order valence-corrected chi connectivity index (χ3v) is 2.71. The lowest BCUT2D eigenvalue weighted by atomic mass is 9.92. The molecule has 0 aliphatic heterocycles. The topological polar surface area (TPSA) is 43.4 Å². The van der Waals surface area contributed by atoms with E-state index in [9.17, 15) is 9.59 Å². The first-order valence-corrected chi connectivity index (χ1v) is 5.71. The van der Waals surface area contributed by atoms with Crippen molar-refractivity contribution in [1.29, 1.82) is 0 Å². The molecule has 0 fully saturated rings. The third kappa shape index (κ3) is 6.02. The Hall–Kier alpha value is -0.510. The van der Waals surface area contributed by atoms with Gasteiger partial charge in [-0.1, -0.05) is 20.8 Å². The number of methoxy groups -OCH3 is 1. The number of carbonyl (C=O) groups is 2. The molecule has 3 nitrogen and oxygen atoms in total. The molecular formula is C10H18O3S. The van der Waals surface area contributed by atoms with Gasteiger partial charge in [-0.15, -0.1) is 0 Å². The normalized spacial score (nSPS) is 11.1. The van der Waals surface area contributed by atoms with Gasteiger partial charge >= 0.3 is 5.97 Å². The Bertz CT molecular complexity index is 206. The molecule has 0 bridgehead atoms. The Morgan fingerprint density at radius 2 is 1.86 bits per heavy atom. The van der Waals surface area contributed by atoms with Gasteiger partial charge in [-0.2, -0.15) is 11.8 Å². The Balaban J connectivity index is 3.56. The number of esters is 1. The Kier molecular flexibility index (Phi) is 5.84. The van der Waals surface area contributed by atoms with Crippen molar-refractivity contribution in [3.05, 3.63) is 0 Å². The van der Waals surface area contributed by atoms with Crippen molar-refractivity contribution in [2.24, 2.45) is 5.41 Å². The maximum absolute atomic E-state index is 11.4. The standard InChI is InChI=1S/C10H18O3S/c1-10(2,3)8(11)7-14-6-5-9(12)13-4/h5-7H2,1-4H3. The summed E-state index contributed by atoms with van der Waals surface area (Å²) in [6.45, 7) is 5.70. The summed E-state index contributed by atoms with van der Waals surface area (Å²) in [5.74, 6) is 1.11. The second-order valence-electron chi connectivity index (χ2n) is 4.05. The van der Waals surface area contributed by atoms with E-state index in [1.54, 1.807) is 0 Å². The molecular weight excluding hydrogens is 200 g/mol. The predicted molar refractivity (Wildman–Crippen MR) is 58.4 cm³/mol. The van der Waals surface area contributed by atoms with Crippen LogP contribution in [-0.2, 0) is 14.3 Å². The summed E-state index contributed by atoms with van der Waals surface area (Å²) >= 11 is 1.48. The van der Waals surface area contributed by atoms with Crippen molar-refractivity contribution in [2.45, 2.75) is 27.2 Å². The number of ketones is 1. The lowest BCUT2D eigenvalue weighted by molar-refractivity contribution is -0.140. The minimum atomic E-state index is -0.279. The summed E-state index contributed by atoms with van der Waals surface area (Å²) in [4.78, 5) is 22.2. The van der Waals surface area contributed by atoms with E-state index in [0.717, 1.165) is 0 Å². The van der Waals surface area contributed by atoms with E-state index in [1.807, 2.05) is 20.8 Å². The smallest absolute Gasteiger partial charge is 0.306 e. The Morgan fingerprint density at radius 3 is 2.29 bits per heavy atom. The number of thioether (sulfide) groups is 1. The van der Waals surface area contributed by atoms with Crippen LogP contribution < -0.4 is 0 Å². The highest BCUT2D eigenvalue weighted by molar-refractivity contribution is 7.99. The molecule has 14 heavy (non-hydrogen) atoms. The van der Waals surface area contributed by atoms with Crippen molar-refractivity contribution in [3.63, 3.8) is 0 Å². The monoisotopic (exact) mass is 218 g/mol. The van der Waals surface area contributed by atoms with Crippen molar-refractivity contribution in [1.82, 2.24) is 0 Å². The molecule has 0 unspecified atom stereocenters. The van der Waals surface area contributed by atoms with Gasteiger partial charge in [-0.3, -0.25) is 9.59 Å². The molecule has 0 rings (SSSR count). The molecule has 0 saturated heterocycles. The zero-order chi connectivity index (χ0) is 11.2. The highest BCUT2D eigenvalue weighted by Crippen LogP contribution is 2.18. The lowest BCUT2D eigenvalue weighted by Crippen LogP contribution is -2.22. The van der Waals surface area contributed by atoms with Crippen LogP contribution in [0.4, 0.5) is 0 Å². The SMILES string of the molecule is COC(=O)CCSCC(=O)C(C)(C)C. The van der Waals surface area contributed by atoms with E-state index in [1.165, 1.54) is 18.9 Å². The van der Waals surface area contributed by atoms with Crippen molar-refractivity contribution < 1.29 is 14.3 Å². The molecule has 0 aliphatic carbocycles. The number of carbonyl (C=O) groups excluding carboxylic acids is 2. The molecule has 0 atom stereocenters. The van der Waals surface area contributed by atoms with Gasteiger partial charge in [-0.25, -0.2) is 0 Å².